The van der Waals surface area contributed by atoms with E-state index in [9.17, 15) is 4.79 Å². The van der Waals surface area contributed by atoms with Crippen LogP contribution in [0.2, 0.25) is 0 Å². The average Bonchev–Trinajstić information content (AvgIpc) is 3.58. The van der Waals surface area contributed by atoms with Crippen LogP contribution in [0.4, 0.5) is 5.69 Å². The van der Waals surface area contributed by atoms with Crippen molar-refractivity contribution in [1.82, 2.24) is 18.8 Å². The zero-order valence-corrected chi connectivity index (χ0v) is 19.6. The van der Waals surface area contributed by atoms with Crippen LogP contribution in [-0.2, 0) is 5.75 Å². The topological polar surface area (TPSA) is 63.7 Å². The molecule has 0 atom stereocenters. The van der Waals surface area contributed by atoms with E-state index < -0.39 is 0 Å². The lowest BCUT2D eigenvalue weighted by molar-refractivity contribution is 0.102. The molecule has 2 aromatic carbocycles. The van der Waals surface area contributed by atoms with Crippen molar-refractivity contribution in [3.63, 3.8) is 0 Å². The second kappa shape index (κ2) is 8.81. The SMILES string of the molecule is O=C(Nc1ccc(-c2cn3ccsc3n2)cc1)c1ccc(SCc2cn3ccccc3n2)cc1. The van der Waals surface area contributed by atoms with Crippen molar-refractivity contribution >= 4 is 45.3 Å². The van der Waals surface area contributed by atoms with Crippen molar-refractivity contribution < 1.29 is 4.79 Å². The molecule has 4 aromatic heterocycles. The van der Waals surface area contributed by atoms with E-state index in [1.807, 2.05) is 106 Å². The predicted octanol–water partition coefficient (Wildman–Crippen LogP) is 6.26. The number of thiazole rings is 1. The van der Waals surface area contributed by atoms with Gasteiger partial charge in [-0.2, -0.15) is 0 Å². The van der Waals surface area contributed by atoms with E-state index in [0.717, 1.165) is 43.9 Å². The molecule has 0 aliphatic rings. The van der Waals surface area contributed by atoms with Gasteiger partial charge in [0.05, 0.1) is 11.4 Å². The normalized spacial score (nSPS) is 11.3. The first-order valence-corrected chi connectivity index (χ1v) is 12.6. The Kier molecular flexibility index (Phi) is 5.37. The third-order valence-corrected chi connectivity index (χ3v) is 7.27. The van der Waals surface area contributed by atoms with Crippen LogP contribution in [0.15, 0.2) is 102 Å². The number of hydrogen-bond donors (Lipinski definition) is 1. The molecule has 0 saturated heterocycles. The number of amides is 1. The largest absolute Gasteiger partial charge is 0.322 e. The lowest BCUT2D eigenvalue weighted by Crippen LogP contribution is -2.11. The number of nitrogens with zero attached hydrogens (tertiary/aromatic N) is 4. The lowest BCUT2D eigenvalue weighted by Gasteiger charge is -2.07. The fourth-order valence-corrected chi connectivity index (χ4v) is 5.19. The highest BCUT2D eigenvalue weighted by Crippen LogP contribution is 2.25. The van der Waals surface area contributed by atoms with Gasteiger partial charge in [0.1, 0.15) is 5.65 Å². The van der Waals surface area contributed by atoms with Crippen LogP contribution < -0.4 is 5.32 Å². The maximum Gasteiger partial charge on any atom is 0.255 e. The smallest absolute Gasteiger partial charge is 0.255 e. The lowest BCUT2D eigenvalue weighted by atomic mass is 10.1. The molecule has 0 saturated carbocycles. The third-order valence-electron chi connectivity index (χ3n) is 5.45. The van der Waals surface area contributed by atoms with Crippen molar-refractivity contribution in [2.45, 2.75) is 10.6 Å². The summed E-state index contributed by atoms with van der Waals surface area (Å²) in [6, 6.07) is 21.4. The Balaban J connectivity index is 1.08. The van der Waals surface area contributed by atoms with E-state index in [1.165, 1.54) is 0 Å². The standard InChI is InChI=1S/C26H19N5OS2/c32-25(28-20-8-4-18(5-9-20)23-16-31-13-14-33-26(31)29-23)19-6-10-22(11-7-19)34-17-21-15-30-12-2-1-3-24(30)27-21/h1-16H,17H2,(H,28,32). The number of hydrogen-bond acceptors (Lipinski definition) is 5. The van der Waals surface area contributed by atoms with Gasteiger partial charge >= 0.3 is 0 Å². The minimum Gasteiger partial charge on any atom is -0.322 e. The number of rotatable bonds is 6. The van der Waals surface area contributed by atoms with Gasteiger partial charge in [-0.05, 0) is 48.5 Å². The number of benzene rings is 2. The molecule has 8 heteroatoms. The molecule has 0 unspecified atom stereocenters. The summed E-state index contributed by atoms with van der Waals surface area (Å²) < 4.78 is 4.03. The monoisotopic (exact) mass is 481 g/mol. The minimum atomic E-state index is -0.132. The molecule has 6 rings (SSSR count). The van der Waals surface area contributed by atoms with Gasteiger partial charge in [-0.1, -0.05) is 18.2 Å². The number of carbonyl (C=O) groups is 1. The van der Waals surface area contributed by atoms with E-state index in [-0.39, 0.29) is 5.91 Å². The molecule has 6 aromatic rings. The van der Waals surface area contributed by atoms with Gasteiger partial charge in [0, 0.05) is 57.6 Å². The Morgan fingerprint density at radius 2 is 1.76 bits per heavy atom. The number of nitrogens with one attached hydrogen (secondary N) is 1. The number of pyridine rings is 1. The zero-order chi connectivity index (χ0) is 22.9. The van der Waals surface area contributed by atoms with Crippen LogP contribution in [0.25, 0.3) is 21.9 Å². The summed E-state index contributed by atoms with van der Waals surface area (Å²) in [5.74, 6) is 0.640. The predicted molar refractivity (Wildman–Crippen MR) is 138 cm³/mol. The number of imidazole rings is 2. The summed E-state index contributed by atoms with van der Waals surface area (Å²) in [4.78, 5) is 24.0. The fraction of sp³-hybridized carbons (Fsp3) is 0.0385. The highest BCUT2D eigenvalue weighted by molar-refractivity contribution is 7.98. The Labute approximate surface area is 203 Å². The highest BCUT2D eigenvalue weighted by Gasteiger charge is 2.09. The number of fused-ring (bicyclic) bond motifs is 2. The summed E-state index contributed by atoms with van der Waals surface area (Å²) in [5.41, 5.74) is 5.28. The van der Waals surface area contributed by atoms with Crippen LogP contribution in [0.1, 0.15) is 16.1 Å². The summed E-state index contributed by atoms with van der Waals surface area (Å²) >= 11 is 3.30. The van der Waals surface area contributed by atoms with Gasteiger partial charge in [-0.3, -0.25) is 9.20 Å². The zero-order valence-electron chi connectivity index (χ0n) is 18.0. The van der Waals surface area contributed by atoms with E-state index >= 15 is 0 Å². The Morgan fingerprint density at radius 3 is 2.56 bits per heavy atom. The van der Waals surface area contributed by atoms with Gasteiger partial charge in [0.2, 0.25) is 0 Å². The molecule has 0 fully saturated rings. The first kappa shape index (κ1) is 20.7. The summed E-state index contributed by atoms with van der Waals surface area (Å²) in [6.07, 6.45) is 8.05. The molecule has 0 bridgehead atoms. The van der Waals surface area contributed by atoms with Gasteiger partial charge in [-0.15, -0.1) is 23.1 Å². The van der Waals surface area contributed by atoms with E-state index in [1.54, 1.807) is 23.1 Å². The van der Waals surface area contributed by atoms with Crippen molar-refractivity contribution in [2.24, 2.45) is 0 Å². The van der Waals surface area contributed by atoms with Crippen LogP contribution in [0.3, 0.4) is 0 Å². The van der Waals surface area contributed by atoms with Crippen molar-refractivity contribution in [3.05, 3.63) is 108 Å². The third kappa shape index (κ3) is 4.21. The van der Waals surface area contributed by atoms with Crippen LogP contribution in [0.5, 0.6) is 0 Å². The summed E-state index contributed by atoms with van der Waals surface area (Å²) in [6.45, 7) is 0. The van der Waals surface area contributed by atoms with Gasteiger partial charge in [-0.25, -0.2) is 9.97 Å². The van der Waals surface area contributed by atoms with Crippen LogP contribution in [0, 0.1) is 0 Å². The quantitative estimate of drug-likeness (QED) is 0.285. The molecule has 0 radical (unpaired) electrons. The Bertz CT molecular complexity index is 1530. The highest BCUT2D eigenvalue weighted by atomic mass is 32.2. The molecule has 0 aliphatic carbocycles. The van der Waals surface area contributed by atoms with Crippen LogP contribution >= 0.6 is 23.1 Å². The first-order chi connectivity index (χ1) is 16.7. The molecular formula is C26H19N5OS2. The maximum atomic E-state index is 12.7. The van der Waals surface area contributed by atoms with Gasteiger partial charge in [0.25, 0.3) is 5.91 Å². The molecular weight excluding hydrogens is 462 g/mol. The molecule has 4 heterocycles. The molecule has 0 aliphatic heterocycles. The van der Waals surface area contributed by atoms with Crippen LogP contribution in [-0.4, -0.2) is 24.7 Å². The second-order valence-electron chi connectivity index (χ2n) is 7.76. The fourth-order valence-electron chi connectivity index (χ4n) is 3.71. The molecule has 1 N–H and O–H groups in total. The first-order valence-electron chi connectivity index (χ1n) is 10.7. The number of carbonyl (C=O) groups excluding carboxylic acids is 1. The molecule has 6 nitrogen and oxygen atoms in total. The second-order valence-corrected chi connectivity index (χ2v) is 9.68. The molecule has 166 valence electrons. The van der Waals surface area contributed by atoms with Gasteiger partial charge in [0.15, 0.2) is 4.96 Å². The van der Waals surface area contributed by atoms with E-state index in [2.05, 4.69) is 15.3 Å². The minimum absolute atomic E-state index is 0.132. The molecule has 34 heavy (non-hydrogen) atoms. The van der Waals surface area contributed by atoms with Crippen molar-refractivity contribution in [3.8, 4) is 11.3 Å². The maximum absolute atomic E-state index is 12.7. The van der Waals surface area contributed by atoms with E-state index in [4.69, 9.17) is 0 Å². The van der Waals surface area contributed by atoms with Crippen molar-refractivity contribution in [2.75, 3.05) is 5.32 Å². The summed E-state index contributed by atoms with van der Waals surface area (Å²) in [5, 5.41) is 4.98. The number of thioether (sulfide) groups is 1. The Hall–Kier alpha value is -3.88. The summed E-state index contributed by atoms with van der Waals surface area (Å²) in [7, 11) is 0. The number of aromatic nitrogens is 4. The van der Waals surface area contributed by atoms with E-state index in [0.29, 0.717) is 5.56 Å². The van der Waals surface area contributed by atoms with Crippen molar-refractivity contribution in [1.29, 1.82) is 0 Å². The number of anilines is 1. The Morgan fingerprint density at radius 1 is 0.912 bits per heavy atom. The average molecular weight is 482 g/mol. The van der Waals surface area contributed by atoms with Gasteiger partial charge < -0.3 is 9.72 Å². The molecule has 1 amide bonds. The molecule has 0 spiro atoms.